The van der Waals surface area contributed by atoms with Crippen LogP contribution in [0.3, 0.4) is 0 Å². The fourth-order valence-corrected chi connectivity index (χ4v) is 2.41. The SMILES string of the molecule is CC(CNCCCC(=O)N(C)C)CN1CCCC1. The van der Waals surface area contributed by atoms with E-state index in [1.54, 1.807) is 4.90 Å². The minimum atomic E-state index is 0.224. The van der Waals surface area contributed by atoms with Crippen molar-refractivity contribution in [2.45, 2.75) is 32.6 Å². The van der Waals surface area contributed by atoms with Crippen molar-refractivity contribution in [3.63, 3.8) is 0 Å². The van der Waals surface area contributed by atoms with Crippen LogP contribution in [0.4, 0.5) is 0 Å². The third kappa shape index (κ3) is 6.36. The molecule has 0 spiro atoms. The van der Waals surface area contributed by atoms with Gasteiger partial charge in [-0.15, -0.1) is 0 Å². The Morgan fingerprint density at radius 2 is 2.00 bits per heavy atom. The summed E-state index contributed by atoms with van der Waals surface area (Å²) in [5.41, 5.74) is 0. The van der Waals surface area contributed by atoms with Crippen molar-refractivity contribution >= 4 is 5.91 Å². The molecule has 1 unspecified atom stereocenters. The molecule has 1 heterocycles. The highest BCUT2D eigenvalue weighted by Gasteiger charge is 2.14. The molecule has 0 aliphatic carbocycles. The molecule has 0 bridgehead atoms. The number of carbonyl (C=O) groups excluding carboxylic acids is 1. The average Bonchev–Trinajstić information content (AvgIpc) is 2.80. The van der Waals surface area contributed by atoms with Crippen LogP contribution in [-0.4, -0.2) is 62.5 Å². The average molecular weight is 255 g/mol. The lowest BCUT2D eigenvalue weighted by Gasteiger charge is -2.20. The van der Waals surface area contributed by atoms with Crippen molar-refractivity contribution in [2.24, 2.45) is 5.92 Å². The highest BCUT2D eigenvalue weighted by atomic mass is 16.2. The predicted octanol–water partition coefficient (Wildman–Crippen LogP) is 1.18. The lowest BCUT2D eigenvalue weighted by atomic mass is 10.1. The van der Waals surface area contributed by atoms with Crippen LogP contribution in [0.15, 0.2) is 0 Å². The van der Waals surface area contributed by atoms with Gasteiger partial charge in [0.1, 0.15) is 0 Å². The Kier molecular flexibility index (Phi) is 7.28. The minimum Gasteiger partial charge on any atom is -0.349 e. The molecule has 4 heteroatoms. The lowest BCUT2D eigenvalue weighted by molar-refractivity contribution is -0.128. The van der Waals surface area contributed by atoms with Gasteiger partial charge in [-0.25, -0.2) is 0 Å². The highest BCUT2D eigenvalue weighted by molar-refractivity contribution is 5.75. The molecule has 0 saturated carbocycles. The summed E-state index contributed by atoms with van der Waals surface area (Å²) in [4.78, 5) is 15.6. The fourth-order valence-electron chi connectivity index (χ4n) is 2.41. The van der Waals surface area contributed by atoms with Gasteiger partial charge in [0.05, 0.1) is 0 Å². The van der Waals surface area contributed by atoms with Gasteiger partial charge in [0.15, 0.2) is 0 Å². The van der Waals surface area contributed by atoms with Crippen LogP contribution in [-0.2, 0) is 4.79 Å². The number of likely N-dealkylation sites (tertiary alicyclic amines) is 1. The van der Waals surface area contributed by atoms with Gasteiger partial charge < -0.3 is 15.1 Å². The molecule has 0 radical (unpaired) electrons. The van der Waals surface area contributed by atoms with E-state index in [-0.39, 0.29) is 5.91 Å². The van der Waals surface area contributed by atoms with E-state index in [4.69, 9.17) is 0 Å². The van der Waals surface area contributed by atoms with Crippen molar-refractivity contribution in [1.82, 2.24) is 15.1 Å². The molecule has 0 aromatic rings. The summed E-state index contributed by atoms with van der Waals surface area (Å²) in [6.07, 6.45) is 4.33. The normalized spacial score (nSPS) is 17.9. The predicted molar refractivity (Wildman–Crippen MR) is 75.6 cm³/mol. The van der Waals surface area contributed by atoms with Gasteiger partial charge in [-0.2, -0.15) is 0 Å². The Morgan fingerprint density at radius 3 is 2.61 bits per heavy atom. The summed E-state index contributed by atoms with van der Waals surface area (Å²) in [5.74, 6) is 0.926. The lowest BCUT2D eigenvalue weighted by Crippen LogP contribution is -2.32. The fraction of sp³-hybridized carbons (Fsp3) is 0.929. The minimum absolute atomic E-state index is 0.224. The molecular formula is C14H29N3O. The Hall–Kier alpha value is -0.610. The molecule has 1 N–H and O–H groups in total. The smallest absolute Gasteiger partial charge is 0.222 e. The number of nitrogens with zero attached hydrogens (tertiary/aromatic N) is 2. The van der Waals surface area contributed by atoms with Crippen molar-refractivity contribution in [2.75, 3.05) is 46.8 Å². The zero-order valence-electron chi connectivity index (χ0n) is 12.2. The van der Waals surface area contributed by atoms with Crippen molar-refractivity contribution in [3.8, 4) is 0 Å². The molecule has 106 valence electrons. The van der Waals surface area contributed by atoms with Gasteiger partial charge in [0.2, 0.25) is 5.91 Å². The molecule has 18 heavy (non-hydrogen) atoms. The Morgan fingerprint density at radius 1 is 1.33 bits per heavy atom. The Labute approximate surface area is 112 Å². The number of nitrogens with one attached hydrogen (secondary N) is 1. The van der Waals surface area contributed by atoms with E-state index >= 15 is 0 Å². The second-order valence-electron chi connectivity index (χ2n) is 5.71. The number of rotatable bonds is 8. The maximum atomic E-state index is 11.4. The van der Waals surface area contributed by atoms with Crippen LogP contribution >= 0.6 is 0 Å². The first-order valence-electron chi connectivity index (χ1n) is 7.23. The maximum absolute atomic E-state index is 11.4. The topological polar surface area (TPSA) is 35.6 Å². The van der Waals surface area contributed by atoms with E-state index in [1.807, 2.05) is 14.1 Å². The summed E-state index contributed by atoms with van der Waals surface area (Å²) >= 11 is 0. The zero-order valence-corrected chi connectivity index (χ0v) is 12.2. The van der Waals surface area contributed by atoms with Gasteiger partial charge in [0, 0.05) is 27.1 Å². The summed E-state index contributed by atoms with van der Waals surface area (Å²) in [6.45, 7) is 8.08. The molecule has 1 aliphatic heterocycles. The largest absolute Gasteiger partial charge is 0.349 e. The van der Waals surface area contributed by atoms with Crippen LogP contribution in [0.1, 0.15) is 32.6 Å². The van der Waals surface area contributed by atoms with Crippen LogP contribution in [0.5, 0.6) is 0 Å². The Balaban J connectivity index is 1.95. The monoisotopic (exact) mass is 255 g/mol. The molecule has 1 aliphatic rings. The summed E-state index contributed by atoms with van der Waals surface area (Å²) in [6, 6.07) is 0. The zero-order chi connectivity index (χ0) is 13.4. The number of carbonyl (C=O) groups is 1. The van der Waals surface area contributed by atoms with E-state index in [0.29, 0.717) is 12.3 Å². The first-order chi connectivity index (χ1) is 8.59. The molecule has 0 aromatic carbocycles. The standard InChI is InChI=1S/C14H29N3O/c1-13(12-17-9-4-5-10-17)11-15-8-6-7-14(18)16(2)3/h13,15H,4-12H2,1-3H3. The van der Waals surface area contributed by atoms with E-state index in [2.05, 4.69) is 17.1 Å². The van der Waals surface area contributed by atoms with Gasteiger partial charge in [-0.3, -0.25) is 4.79 Å². The van der Waals surface area contributed by atoms with Crippen LogP contribution in [0.25, 0.3) is 0 Å². The summed E-state index contributed by atoms with van der Waals surface area (Å²) in [5, 5.41) is 3.46. The van der Waals surface area contributed by atoms with Gasteiger partial charge >= 0.3 is 0 Å². The van der Waals surface area contributed by atoms with E-state index in [0.717, 1.165) is 19.5 Å². The second-order valence-corrected chi connectivity index (χ2v) is 5.71. The molecule has 1 amide bonds. The quantitative estimate of drug-likeness (QED) is 0.662. The number of amides is 1. The van der Waals surface area contributed by atoms with Gasteiger partial charge in [0.25, 0.3) is 0 Å². The molecule has 1 rings (SSSR count). The first-order valence-corrected chi connectivity index (χ1v) is 7.23. The second kappa shape index (κ2) is 8.48. The van der Waals surface area contributed by atoms with E-state index in [9.17, 15) is 4.79 Å². The molecule has 1 atom stereocenters. The number of hydrogen-bond donors (Lipinski definition) is 1. The molecular weight excluding hydrogens is 226 g/mol. The third-order valence-corrected chi connectivity index (χ3v) is 3.50. The molecule has 4 nitrogen and oxygen atoms in total. The van der Waals surface area contributed by atoms with Gasteiger partial charge in [-0.05, 0) is 51.4 Å². The van der Waals surface area contributed by atoms with E-state index in [1.165, 1.54) is 32.5 Å². The Bertz CT molecular complexity index is 237. The summed E-state index contributed by atoms with van der Waals surface area (Å²) in [7, 11) is 3.63. The van der Waals surface area contributed by atoms with Crippen molar-refractivity contribution in [1.29, 1.82) is 0 Å². The maximum Gasteiger partial charge on any atom is 0.222 e. The third-order valence-electron chi connectivity index (χ3n) is 3.50. The molecule has 0 aromatic heterocycles. The van der Waals surface area contributed by atoms with Crippen molar-refractivity contribution in [3.05, 3.63) is 0 Å². The van der Waals surface area contributed by atoms with Crippen LogP contribution in [0, 0.1) is 5.92 Å². The first kappa shape index (κ1) is 15.4. The summed E-state index contributed by atoms with van der Waals surface area (Å²) < 4.78 is 0. The molecule has 1 fully saturated rings. The van der Waals surface area contributed by atoms with Crippen LogP contribution in [0.2, 0.25) is 0 Å². The van der Waals surface area contributed by atoms with Crippen molar-refractivity contribution < 1.29 is 4.79 Å². The molecule has 1 saturated heterocycles. The van der Waals surface area contributed by atoms with E-state index < -0.39 is 0 Å². The number of hydrogen-bond acceptors (Lipinski definition) is 3. The highest BCUT2D eigenvalue weighted by Crippen LogP contribution is 2.09. The van der Waals surface area contributed by atoms with Crippen LogP contribution < -0.4 is 5.32 Å². The van der Waals surface area contributed by atoms with Gasteiger partial charge in [-0.1, -0.05) is 6.92 Å².